The van der Waals surface area contributed by atoms with Crippen molar-refractivity contribution in [3.05, 3.63) is 0 Å². The maximum atomic E-state index is 11.1. The van der Waals surface area contributed by atoms with Gasteiger partial charge in [-0.3, -0.25) is 4.79 Å². The van der Waals surface area contributed by atoms with Crippen LogP contribution < -0.4 is 0 Å². The average molecular weight is 222 g/mol. The summed E-state index contributed by atoms with van der Waals surface area (Å²) < 4.78 is 0. The molecule has 0 aromatic heterocycles. The Morgan fingerprint density at radius 3 is 2.62 bits per heavy atom. The number of amides is 1. The molecule has 1 amide bonds. The molecular weight excluding hydrogens is 206 g/mol. The maximum Gasteiger partial charge on any atom is 0.316 e. The lowest BCUT2D eigenvalue weighted by molar-refractivity contribution is 0.193. The Kier molecular flexibility index (Phi) is 4.96. The van der Waals surface area contributed by atoms with Crippen molar-refractivity contribution in [2.45, 2.75) is 32.2 Å². The summed E-state index contributed by atoms with van der Waals surface area (Å²) >= 11 is 7.50. The van der Waals surface area contributed by atoms with Crippen molar-refractivity contribution in [3.63, 3.8) is 0 Å². The summed E-state index contributed by atoms with van der Waals surface area (Å²) in [7, 11) is 0. The van der Waals surface area contributed by atoms with Crippen molar-refractivity contribution < 1.29 is 4.79 Å². The van der Waals surface area contributed by atoms with Crippen LogP contribution in [0.15, 0.2) is 0 Å². The van der Waals surface area contributed by atoms with Crippen molar-refractivity contribution >= 4 is 28.7 Å². The second-order valence-corrected chi connectivity index (χ2v) is 4.84. The topological polar surface area (TPSA) is 20.3 Å². The molecule has 4 heteroatoms. The molecule has 0 aliphatic carbocycles. The maximum absolute atomic E-state index is 11.1. The van der Waals surface area contributed by atoms with Crippen molar-refractivity contribution in [2.75, 3.05) is 18.1 Å². The number of carbonyl (C=O) groups is 1. The minimum atomic E-state index is -0.279. The van der Waals surface area contributed by atoms with Crippen LogP contribution in [0.4, 0.5) is 4.79 Å². The van der Waals surface area contributed by atoms with E-state index in [0.717, 1.165) is 37.3 Å². The zero-order valence-corrected chi connectivity index (χ0v) is 9.53. The fourth-order valence-electron chi connectivity index (χ4n) is 1.65. The fourth-order valence-corrected chi connectivity index (χ4v) is 2.96. The molecule has 0 unspecified atom stereocenters. The van der Waals surface area contributed by atoms with Crippen LogP contribution in [-0.2, 0) is 0 Å². The van der Waals surface area contributed by atoms with Crippen LogP contribution in [0, 0.1) is 0 Å². The zero-order chi connectivity index (χ0) is 9.68. The van der Waals surface area contributed by atoms with E-state index < -0.39 is 0 Å². The van der Waals surface area contributed by atoms with Crippen molar-refractivity contribution in [1.29, 1.82) is 0 Å². The third-order valence-corrected chi connectivity index (χ3v) is 3.59. The van der Waals surface area contributed by atoms with E-state index in [0.29, 0.717) is 6.04 Å². The Hall–Kier alpha value is 0.110. The van der Waals surface area contributed by atoms with Crippen LogP contribution in [0.3, 0.4) is 0 Å². The first kappa shape index (κ1) is 11.2. The van der Waals surface area contributed by atoms with Gasteiger partial charge in [-0.25, -0.2) is 0 Å². The van der Waals surface area contributed by atoms with E-state index in [4.69, 9.17) is 11.6 Å². The highest BCUT2D eigenvalue weighted by Crippen LogP contribution is 2.22. The Labute approximate surface area is 89.0 Å². The molecule has 0 saturated carbocycles. The first-order chi connectivity index (χ1) is 6.25. The summed E-state index contributed by atoms with van der Waals surface area (Å²) in [6, 6.07) is 0.395. The highest BCUT2D eigenvalue weighted by Gasteiger charge is 2.23. The third-order valence-electron chi connectivity index (χ3n) is 2.32. The third kappa shape index (κ3) is 3.39. The smallest absolute Gasteiger partial charge is 0.316 e. The molecule has 1 rings (SSSR count). The molecule has 0 bridgehead atoms. The summed E-state index contributed by atoms with van der Waals surface area (Å²) in [5.41, 5.74) is 0. The van der Waals surface area contributed by atoms with E-state index >= 15 is 0 Å². The van der Waals surface area contributed by atoms with Gasteiger partial charge in [0, 0.05) is 12.6 Å². The highest BCUT2D eigenvalue weighted by molar-refractivity contribution is 7.99. The first-order valence-corrected chi connectivity index (χ1v) is 6.32. The van der Waals surface area contributed by atoms with E-state index in [2.05, 4.69) is 6.92 Å². The molecule has 2 nitrogen and oxygen atoms in total. The molecule has 1 aliphatic rings. The Bertz CT molecular complexity index is 171. The summed E-state index contributed by atoms with van der Waals surface area (Å²) in [5.74, 6) is 2.32. The number of hydrogen-bond acceptors (Lipinski definition) is 2. The Morgan fingerprint density at radius 2 is 2.15 bits per heavy atom. The molecule has 1 saturated heterocycles. The summed E-state index contributed by atoms with van der Waals surface area (Å²) in [4.78, 5) is 12.9. The lowest BCUT2D eigenvalue weighted by atomic mass is 10.1. The summed E-state index contributed by atoms with van der Waals surface area (Å²) in [5, 5.41) is -0.279. The fraction of sp³-hybridized carbons (Fsp3) is 0.889. The molecule has 0 atom stereocenters. The molecule has 0 radical (unpaired) electrons. The molecular formula is C9H16ClNOS. The molecule has 0 aromatic carbocycles. The monoisotopic (exact) mass is 221 g/mol. The quantitative estimate of drug-likeness (QED) is 0.540. The van der Waals surface area contributed by atoms with Crippen LogP contribution in [-0.4, -0.2) is 34.4 Å². The SMILES string of the molecule is CCCN(C(=O)Cl)C1CCSCC1. The van der Waals surface area contributed by atoms with E-state index in [1.807, 2.05) is 16.7 Å². The van der Waals surface area contributed by atoms with Crippen LogP contribution in [0.1, 0.15) is 26.2 Å². The molecule has 1 fully saturated rings. The van der Waals surface area contributed by atoms with E-state index in [1.165, 1.54) is 0 Å². The van der Waals surface area contributed by atoms with Crippen LogP contribution in [0.25, 0.3) is 0 Å². The van der Waals surface area contributed by atoms with E-state index in [1.54, 1.807) is 0 Å². The summed E-state index contributed by atoms with van der Waals surface area (Å²) in [6.45, 7) is 2.88. The number of hydrogen-bond donors (Lipinski definition) is 0. The second kappa shape index (κ2) is 5.76. The predicted molar refractivity (Wildman–Crippen MR) is 58.6 cm³/mol. The number of rotatable bonds is 3. The van der Waals surface area contributed by atoms with Crippen molar-refractivity contribution in [2.24, 2.45) is 0 Å². The second-order valence-electron chi connectivity index (χ2n) is 3.29. The van der Waals surface area contributed by atoms with Gasteiger partial charge in [0.25, 0.3) is 0 Å². The molecule has 13 heavy (non-hydrogen) atoms. The van der Waals surface area contributed by atoms with Gasteiger partial charge in [-0.1, -0.05) is 6.92 Å². The molecule has 0 aromatic rings. The number of nitrogens with zero attached hydrogens (tertiary/aromatic N) is 1. The van der Waals surface area contributed by atoms with Crippen molar-refractivity contribution in [3.8, 4) is 0 Å². The number of carbonyl (C=O) groups excluding carboxylic acids is 1. The lowest BCUT2D eigenvalue weighted by Gasteiger charge is -2.32. The first-order valence-electron chi connectivity index (χ1n) is 4.79. The predicted octanol–water partition coefficient (Wildman–Crippen LogP) is 2.95. The lowest BCUT2D eigenvalue weighted by Crippen LogP contribution is -2.40. The van der Waals surface area contributed by atoms with Gasteiger partial charge < -0.3 is 4.90 Å². The van der Waals surface area contributed by atoms with Crippen LogP contribution >= 0.6 is 23.4 Å². The van der Waals surface area contributed by atoms with Gasteiger partial charge in [-0.05, 0) is 42.4 Å². The molecule has 0 spiro atoms. The Morgan fingerprint density at radius 1 is 1.54 bits per heavy atom. The van der Waals surface area contributed by atoms with E-state index in [-0.39, 0.29) is 5.37 Å². The normalized spacial score (nSPS) is 18.6. The van der Waals surface area contributed by atoms with Crippen LogP contribution in [0.5, 0.6) is 0 Å². The van der Waals surface area contributed by atoms with Gasteiger partial charge in [-0.2, -0.15) is 11.8 Å². The minimum absolute atomic E-state index is 0.279. The van der Waals surface area contributed by atoms with Crippen molar-refractivity contribution in [1.82, 2.24) is 4.90 Å². The minimum Gasteiger partial charge on any atom is -0.326 e. The molecule has 1 heterocycles. The standard InChI is InChI=1S/C9H16ClNOS/c1-2-5-11(9(10)12)8-3-6-13-7-4-8/h8H,2-7H2,1H3. The van der Waals surface area contributed by atoms with Crippen LogP contribution in [0.2, 0.25) is 0 Å². The average Bonchev–Trinajstić information content (AvgIpc) is 2.15. The largest absolute Gasteiger partial charge is 0.326 e. The van der Waals surface area contributed by atoms with Gasteiger partial charge in [0.1, 0.15) is 0 Å². The van der Waals surface area contributed by atoms with Gasteiger partial charge in [0.05, 0.1) is 0 Å². The number of halogens is 1. The number of thioether (sulfide) groups is 1. The molecule has 76 valence electrons. The van der Waals surface area contributed by atoms with E-state index in [9.17, 15) is 4.79 Å². The highest BCUT2D eigenvalue weighted by atomic mass is 35.5. The zero-order valence-electron chi connectivity index (χ0n) is 7.96. The van der Waals surface area contributed by atoms with Gasteiger partial charge in [0.15, 0.2) is 0 Å². The van der Waals surface area contributed by atoms with Gasteiger partial charge in [-0.15, -0.1) is 0 Å². The van der Waals surface area contributed by atoms with Gasteiger partial charge in [0.2, 0.25) is 0 Å². The van der Waals surface area contributed by atoms with Gasteiger partial charge >= 0.3 is 5.37 Å². The molecule has 1 aliphatic heterocycles. The Balaban J connectivity index is 2.46. The molecule has 0 N–H and O–H groups in total. The summed E-state index contributed by atoms with van der Waals surface area (Å²) in [6.07, 6.45) is 3.19.